The number of rotatable bonds is 5. The Morgan fingerprint density at radius 3 is 2.10 bits per heavy atom. The average molecular weight is 312 g/mol. The molecule has 0 bridgehead atoms. The highest BCUT2D eigenvalue weighted by Crippen LogP contribution is 2.23. The van der Waals surface area contributed by atoms with Crippen molar-refractivity contribution in [1.82, 2.24) is 10.0 Å². The van der Waals surface area contributed by atoms with Crippen molar-refractivity contribution in [3.05, 3.63) is 29.8 Å². The number of amides is 1. The zero-order valence-electron chi connectivity index (χ0n) is 13.2. The maximum absolute atomic E-state index is 12.1. The van der Waals surface area contributed by atoms with Crippen molar-refractivity contribution in [2.45, 2.75) is 51.0 Å². The normalized spacial score (nSPS) is 12.5. The average Bonchev–Trinajstić information content (AvgIpc) is 2.35. The van der Waals surface area contributed by atoms with E-state index in [1.807, 2.05) is 13.8 Å². The van der Waals surface area contributed by atoms with Gasteiger partial charge in [-0.3, -0.25) is 4.79 Å². The third-order valence-corrected chi connectivity index (χ3v) is 4.32. The largest absolute Gasteiger partial charge is 0.353 e. The van der Waals surface area contributed by atoms with Crippen molar-refractivity contribution < 1.29 is 13.2 Å². The van der Waals surface area contributed by atoms with Gasteiger partial charge in [0.15, 0.2) is 0 Å². The summed E-state index contributed by atoms with van der Waals surface area (Å²) in [6, 6.07) is 6.69. The molecule has 1 aromatic rings. The third-order valence-electron chi connectivity index (χ3n) is 2.90. The predicted octanol–water partition coefficient (Wildman–Crippen LogP) is 1.79. The molecule has 0 aliphatic heterocycles. The summed E-state index contributed by atoms with van der Waals surface area (Å²) < 4.78 is 26.5. The summed E-state index contributed by atoms with van der Waals surface area (Å²) in [4.78, 5) is 11.6. The fourth-order valence-electron chi connectivity index (χ4n) is 1.75. The summed E-state index contributed by atoms with van der Waals surface area (Å²) in [5.41, 5.74) is 1.02. The Morgan fingerprint density at radius 2 is 1.67 bits per heavy atom. The van der Waals surface area contributed by atoms with Crippen LogP contribution in [0.15, 0.2) is 29.2 Å². The van der Waals surface area contributed by atoms with E-state index in [9.17, 15) is 13.2 Å². The van der Waals surface area contributed by atoms with Gasteiger partial charge in [0, 0.05) is 6.04 Å². The zero-order valence-corrected chi connectivity index (χ0v) is 14.0. The van der Waals surface area contributed by atoms with E-state index in [4.69, 9.17) is 0 Å². The number of benzene rings is 1. The van der Waals surface area contributed by atoms with Crippen LogP contribution in [0, 0.1) is 0 Å². The van der Waals surface area contributed by atoms with Gasteiger partial charge in [0.05, 0.1) is 11.4 Å². The summed E-state index contributed by atoms with van der Waals surface area (Å²) in [5.74, 6) is -0.347. The van der Waals surface area contributed by atoms with Crippen molar-refractivity contribution in [3.8, 4) is 0 Å². The number of sulfonamides is 1. The predicted molar refractivity (Wildman–Crippen MR) is 83.6 cm³/mol. The van der Waals surface area contributed by atoms with Crippen LogP contribution in [0.4, 0.5) is 0 Å². The number of carbonyl (C=O) groups is 1. The van der Waals surface area contributed by atoms with E-state index in [-0.39, 0.29) is 28.8 Å². The van der Waals surface area contributed by atoms with E-state index in [1.165, 1.54) is 0 Å². The fraction of sp³-hybridized carbons (Fsp3) is 0.533. The van der Waals surface area contributed by atoms with Gasteiger partial charge < -0.3 is 5.32 Å². The van der Waals surface area contributed by atoms with Crippen LogP contribution in [0.5, 0.6) is 0 Å². The molecule has 118 valence electrons. The molecule has 0 aliphatic carbocycles. The smallest absolute Gasteiger partial charge is 0.241 e. The molecule has 21 heavy (non-hydrogen) atoms. The molecule has 1 aromatic carbocycles. The van der Waals surface area contributed by atoms with Crippen LogP contribution in [0.2, 0.25) is 0 Å². The minimum Gasteiger partial charge on any atom is -0.353 e. The van der Waals surface area contributed by atoms with Crippen molar-refractivity contribution in [3.63, 3.8) is 0 Å². The molecule has 1 rings (SSSR count). The van der Waals surface area contributed by atoms with Crippen molar-refractivity contribution in [2.75, 3.05) is 6.54 Å². The molecule has 0 unspecified atom stereocenters. The first-order chi connectivity index (χ1) is 9.52. The number of hydrogen-bond acceptors (Lipinski definition) is 3. The van der Waals surface area contributed by atoms with Gasteiger partial charge in [0.25, 0.3) is 0 Å². The minimum atomic E-state index is -3.66. The first-order valence-electron chi connectivity index (χ1n) is 6.92. The summed E-state index contributed by atoms with van der Waals surface area (Å²) >= 11 is 0. The standard InChI is InChI=1S/C15H24N2O3S/c1-11(2)17-14(18)10-16-21(19,20)13-8-6-12(7-9-13)15(3,4)5/h6-9,11,16H,10H2,1-5H3,(H,17,18). The third kappa shape index (κ3) is 5.47. The Kier molecular flexibility index (Phi) is 5.53. The number of carbonyl (C=O) groups excluding carboxylic acids is 1. The Morgan fingerprint density at radius 1 is 1.14 bits per heavy atom. The lowest BCUT2D eigenvalue weighted by atomic mass is 9.87. The van der Waals surface area contributed by atoms with Gasteiger partial charge in [0.2, 0.25) is 15.9 Å². The molecule has 0 atom stereocenters. The summed E-state index contributed by atoms with van der Waals surface area (Å²) in [5, 5.41) is 2.63. The topological polar surface area (TPSA) is 75.3 Å². The SMILES string of the molecule is CC(C)NC(=O)CNS(=O)(=O)c1ccc(C(C)(C)C)cc1. The van der Waals surface area contributed by atoms with E-state index in [0.717, 1.165) is 5.56 Å². The Balaban J connectivity index is 2.77. The van der Waals surface area contributed by atoms with E-state index < -0.39 is 10.0 Å². The maximum Gasteiger partial charge on any atom is 0.241 e. The van der Waals surface area contributed by atoms with Gasteiger partial charge in [0.1, 0.15) is 0 Å². The van der Waals surface area contributed by atoms with Crippen LogP contribution in [-0.4, -0.2) is 26.9 Å². The summed E-state index contributed by atoms with van der Waals surface area (Å²) in [6.07, 6.45) is 0. The highest BCUT2D eigenvalue weighted by molar-refractivity contribution is 7.89. The Labute approximate surface area is 127 Å². The van der Waals surface area contributed by atoms with Gasteiger partial charge in [-0.05, 0) is 37.0 Å². The molecule has 0 fully saturated rings. The molecule has 0 heterocycles. The highest BCUT2D eigenvalue weighted by atomic mass is 32.2. The van der Waals surface area contributed by atoms with Crippen LogP contribution < -0.4 is 10.0 Å². The second kappa shape index (κ2) is 6.58. The van der Waals surface area contributed by atoms with Gasteiger partial charge in [-0.2, -0.15) is 0 Å². The molecular formula is C15H24N2O3S. The van der Waals surface area contributed by atoms with Gasteiger partial charge >= 0.3 is 0 Å². The first kappa shape index (κ1) is 17.7. The second-order valence-corrected chi connectivity index (χ2v) is 8.09. The molecule has 0 saturated heterocycles. The van der Waals surface area contributed by atoms with Crippen molar-refractivity contribution in [2.24, 2.45) is 0 Å². The monoisotopic (exact) mass is 312 g/mol. The van der Waals surface area contributed by atoms with Gasteiger partial charge in [-0.1, -0.05) is 32.9 Å². The zero-order chi connectivity index (χ0) is 16.3. The molecule has 0 aromatic heterocycles. The van der Waals surface area contributed by atoms with Crippen LogP contribution in [0.3, 0.4) is 0 Å². The summed E-state index contributed by atoms with van der Waals surface area (Å²) in [6.45, 7) is 9.55. The van der Waals surface area contributed by atoms with Crippen LogP contribution in [0.25, 0.3) is 0 Å². The fourth-order valence-corrected chi connectivity index (χ4v) is 2.73. The van der Waals surface area contributed by atoms with E-state index in [0.29, 0.717) is 0 Å². The molecule has 1 amide bonds. The Hall–Kier alpha value is -1.40. The van der Waals surface area contributed by atoms with E-state index >= 15 is 0 Å². The minimum absolute atomic E-state index is 0.0203. The molecule has 5 nitrogen and oxygen atoms in total. The molecule has 0 saturated carbocycles. The van der Waals surface area contributed by atoms with Crippen LogP contribution >= 0.6 is 0 Å². The highest BCUT2D eigenvalue weighted by Gasteiger charge is 2.18. The van der Waals surface area contributed by atoms with E-state index in [2.05, 4.69) is 30.8 Å². The Bertz CT molecular complexity index is 584. The molecule has 0 aliphatic rings. The quantitative estimate of drug-likeness (QED) is 0.870. The van der Waals surface area contributed by atoms with Crippen molar-refractivity contribution >= 4 is 15.9 Å². The van der Waals surface area contributed by atoms with Crippen LogP contribution in [0.1, 0.15) is 40.2 Å². The van der Waals surface area contributed by atoms with Crippen LogP contribution in [-0.2, 0) is 20.2 Å². The molecule has 2 N–H and O–H groups in total. The van der Waals surface area contributed by atoms with Gasteiger partial charge in [-0.15, -0.1) is 0 Å². The molecular weight excluding hydrogens is 288 g/mol. The number of hydrogen-bond donors (Lipinski definition) is 2. The van der Waals surface area contributed by atoms with E-state index in [1.54, 1.807) is 24.3 Å². The maximum atomic E-state index is 12.1. The van der Waals surface area contributed by atoms with Gasteiger partial charge in [-0.25, -0.2) is 13.1 Å². The number of nitrogens with one attached hydrogen (secondary N) is 2. The lowest BCUT2D eigenvalue weighted by Gasteiger charge is -2.19. The lowest BCUT2D eigenvalue weighted by molar-refractivity contribution is -0.120. The molecule has 6 heteroatoms. The molecule has 0 radical (unpaired) electrons. The first-order valence-corrected chi connectivity index (χ1v) is 8.40. The lowest BCUT2D eigenvalue weighted by Crippen LogP contribution is -2.39. The summed E-state index contributed by atoms with van der Waals surface area (Å²) in [7, 11) is -3.66. The molecule has 0 spiro atoms. The van der Waals surface area contributed by atoms with Crippen molar-refractivity contribution in [1.29, 1.82) is 0 Å². The second-order valence-electron chi connectivity index (χ2n) is 6.32.